The molecule has 6 heteroatoms. The highest BCUT2D eigenvalue weighted by Crippen LogP contribution is 2.24. The van der Waals surface area contributed by atoms with Crippen LogP contribution in [0.2, 0.25) is 0 Å². The summed E-state index contributed by atoms with van der Waals surface area (Å²) in [5.74, 6) is 0.693. The summed E-state index contributed by atoms with van der Waals surface area (Å²) in [5, 5.41) is 8.42. The van der Waals surface area contributed by atoms with Crippen LogP contribution in [0.15, 0.2) is 39.9 Å². The van der Waals surface area contributed by atoms with Gasteiger partial charge in [0.25, 0.3) is 5.56 Å². The molecule has 3 rings (SSSR count). The fourth-order valence-electron chi connectivity index (χ4n) is 2.41. The smallest absolute Gasteiger partial charge is 0.270 e. The Labute approximate surface area is 127 Å². The minimum Gasteiger partial charge on any atom is -0.361 e. The van der Waals surface area contributed by atoms with Gasteiger partial charge in [0.15, 0.2) is 0 Å². The first-order chi connectivity index (χ1) is 10.6. The Hall–Kier alpha value is -2.76. The lowest BCUT2D eigenvalue weighted by molar-refractivity contribution is 0.393. The van der Waals surface area contributed by atoms with E-state index in [0.29, 0.717) is 23.6 Å². The zero-order chi connectivity index (χ0) is 15.7. The largest absolute Gasteiger partial charge is 0.361 e. The van der Waals surface area contributed by atoms with Gasteiger partial charge in [0.05, 0.1) is 23.5 Å². The van der Waals surface area contributed by atoms with Crippen molar-refractivity contribution < 1.29 is 4.52 Å². The molecule has 3 heterocycles. The summed E-state index contributed by atoms with van der Waals surface area (Å²) in [4.78, 5) is 16.3. The number of aromatic nitrogens is 4. The third-order valence-corrected chi connectivity index (χ3v) is 3.52. The topological polar surface area (TPSA) is 73.8 Å². The van der Waals surface area contributed by atoms with Crippen LogP contribution in [0.1, 0.15) is 22.6 Å². The van der Waals surface area contributed by atoms with Crippen molar-refractivity contribution in [2.75, 3.05) is 0 Å². The van der Waals surface area contributed by atoms with E-state index in [-0.39, 0.29) is 5.56 Å². The monoisotopic (exact) mass is 296 g/mol. The van der Waals surface area contributed by atoms with Gasteiger partial charge in [0, 0.05) is 18.0 Å². The number of hydrogen-bond donors (Lipinski definition) is 0. The fourth-order valence-corrected chi connectivity index (χ4v) is 2.41. The van der Waals surface area contributed by atoms with Crippen molar-refractivity contribution in [1.29, 1.82) is 0 Å². The molecule has 0 aliphatic carbocycles. The van der Waals surface area contributed by atoms with Crippen molar-refractivity contribution in [3.8, 4) is 11.3 Å². The van der Waals surface area contributed by atoms with Crippen molar-refractivity contribution in [2.24, 2.45) is 0 Å². The molecule has 0 N–H and O–H groups in total. The van der Waals surface area contributed by atoms with Gasteiger partial charge in [-0.1, -0.05) is 5.16 Å². The van der Waals surface area contributed by atoms with E-state index in [9.17, 15) is 4.79 Å². The second-order valence-corrected chi connectivity index (χ2v) is 5.23. The van der Waals surface area contributed by atoms with E-state index in [2.05, 4.69) is 15.2 Å². The van der Waals surface area contributed by atoms with Crippen LogP contribution in [0.25, 0.3) is 11.3 Å². The number of hydrogen-bond acceptors (Lipinski definition) is 5. The Morgan fingerprint density at radius 1 is 1.18 bits per heavy atom. The van der Waals surface area contributed by atoms with Crippen LogP contribution in [-0.4, -0.2) is 19.9 Å². The van der Waals surface area contributed by atoms with Crippen LogP contribution >= 0.6 is 0 Å². The van der Waals surface area contributed by atoms with Gasteiger partial charge in [0.2, 0.25) is 0 Å². The number of nitrogens with zero attached hydrogens (tertiary/aromatic N) is 4. The standard InChI is InChI=1S/C16H16N4O2/c1-10-8-14(15-11(2)19-22-12(15)3)18-20(16(10)21)9-13-4-6-17-7-5-13/h4-8H,9H2,1-3H3. The fraction of sp³-hybridized carbons (Fsp3) is 0.250. The molecule has 0 saturated carbocycles. The van der Waals surface area contributed by atoms with E-state index in [1.165, 1.54) is 4.68 Å². The van der Waals surface area contributed by atoms with Crippen LogP contribution < -0.4 is 5.56 Å². The summed E-state index contributed by atoms with van der Waals surface area (Å²) in [6, 6.07) is 5.51. The molecule has 0 fully saturated rings. The minimum absolute atomic E-state index is 0.104. The highest BCUT2D eigenvalue weighted by molar-refractivity contribution is 5.63. The van der Waals surface area contributed by atoms with Gasteiger partial charge in [-0.25, -0.2) is 4.68 Å². The summed E-state index contributed by atoms with van der Waals surface area (Å²) in [7, 11) is 0. The first-order valence-electron chi connectivity index (χ1n) is 6.97. The Morgan fingerprint density at radius 3 is 2.55 bits per heavy atom. The molecule has 0 aliphatic heterocycles. The maximum Gasteiger partial charge on any atom is 0.270 e. The molecule has 3 aromatic heterocycles. The first-order valence-corrected chi connectivity index (χ1v) is 6.97. The van der Waals surface area contributed by atoms with Gasteiger partial charge in [-0.05, 0) is 44.5 Å². The van der Waals surface area contributed by atoms with E-state index in [1.807, 2.05) is 26.0 Å². The van der Waals surface area contributed by atoms with E-state index < -0.39 is 0 Å². The van der Waals surface area contributed by atoms with E-state index in [1.54, 1.807) is 25.4 Å². The van der Waals surface area contributed by atoms with E-state index >= 15 is 0 Å². The molecule has 0 atom stereocenters. The van der Waals surface area contributed by atoms with Gasteiger partial charge >= 0.3 is 0 Å². The Morgan fingerprint density at radius 2 is 1.91 bits per heavy atom. The number of rotatable bonds is 3. The van der Waals surface area contributed by atoms with Crippen LogP contribution in [0.4, 0.5) is 0 Å². The summed E-state index contributed by atoms with van der Waals surface area (Å²) in [6.07, 6.45) is 3.40. The lowest BCUT2D eigenvalue weighted by Crippen LogP contribution is -2.25. The van der Waals surface area contributed by atoms with Crippen molar-refractivity contribution in [3.05, 3.63) is 63.5 Å². The highest BCUT2D eigenvalue weighted by Gasteiger charge is 2.15. The van der Waals surface area contributed by atoms with Gasteiger partial charge in [-0.2, -0.15) is 5.10 Å². The van der Waals surface area contributed by atoms with Crippen molar-refractivity contribution in [3.63, 3.8) is 0 Å². The molecule has 3 aromatic rings. The number of aryl methyl sites for hydroxylation is 3. The molecule has 0 spiro atoms. The molecule has 0 saturated heterocycles. The van der Waals surface area contributed by atoms with Crippen LogP contribution in [0, 0.1) is 20.8 Å². The molecular weight excluding hydrogens is 280 g/mol. The first kappa shape index (κ1) is 14.2. The maximum atomic E-state index is 12.3. The molecule has 0 unspecified atom stereocenters. The molecule has 112 valence electrons. The quantitative estimate of drug-likeness (QED) is 0.741. The van der Waals surface area contributed by atoms with Gasteiger partial charge in [-0.3, -0.25) is 9.78 Å². The molecule has 0 aliphatic rings. The lowest BCUT2D eigenvalue weighted by Gasteiger charge is -2.09. The van der Waals surface area contributed by atoms with Crippen LogP contribution in [0.5, 0.6) is 0 Å². The Bertz CT molecular complexity index is 846. The third-order valence-electron chi connectivity index (χ3n) is 3.52. The van der Waals surface area contributed by atoms with Crippen molar-refractivity contribution in [2.45, 2.75) is 27.3 Å². The van der Waals surface area contributed by atoms with E-state index in [0.717, 1.165) is 16.8 Å². The molecular formula is C16H16N4O2. The molecule has 22 heavy (non-hydrogen) atoms. The zero-order valence-electron chi connectivity index (χ0n) is 12.7. The Kier molecular flexibility index (Phi) is 3.58. The summed E-state index contributed by atoms with van der Waals surface area (Å²) < 4.78 is 6.66. The average molecular weight is 296 g/mol. The van der Waals surface area contributed by atoms with Gasteiger partial charge < -0.3 is 4.52 Å². The maximum absolute atomic E-state index is 12.3. The third kappa shape index (κ3) is 2.55. The van der Waals surface area contributed by atoms with Crippen molar-refractivity contribution in [1.82, 2.24) is 19.9 Å². The molecule has 6 nitrogen and oxygen atoms in total. The molecule has 0 bridgehead atoms. The second kappa shape index (κ2) is 5.55. The summed E-state index contributed by atoms with van der Waals surface area (Å²) >= 11 is 0. The lowest BCUT2D eigenvalue weighted by atomic mass is 10.1. The summed E-state index contributed by atoms with van der Waals surface area (Å²) in [5.41, 5.74) is 3.80. The Balaban J connectivity index is 2.10. The zero-order valence-corrected chi connectivity index (χ0v) is 12.7. The van der Waals surface area contributed by atoms with Gasteiger partial charge in [-0.15, -0.1) is 0 Å². The van der Waals surface area contributed by atoms with Gasteiger partial charge in [0.1, 0.15) is 5.76 Å². The van der Waals surface area contributed by atoms with Crippen LogP contribution in [-0.2, 0) is 6.54 Å². The SMILES string of the molecule is Cc1noc(C)c1-c1cc(C)c(=O)n(Cc2ccncc2)n1. The predicted octanol–water partition coefficient (Wildman–Crippen LogP) is 2.27. The average Bonchev–Trinajstić information content (AvgIpc) is 2.84. The molecule has 0 radical (unpaired) electrons. The molecule has 0 amide bonds. The van der Waals surface area contributed by atoms with Crippen LogP contribution in [0.3, 0.4) is 0 Å². The minimum atomic E-state index is -0.104. The van der Waals surface area contributed by atoms with Crippen molar-refractivity contribution >= 4 is 0 Å². The highest BCUT2D eigenvalue weighted by atomic mass is 16.5. The number of pyridine rings is 1. The predicted molar refractivity (Wildman–Crippen MR) is 81.5 cm³/mol. The second-order valence-electron chi connectivity index (χ2n) is 5.23. The summed E-state index contributed by atoms with van der Waals surface area (Å²) in [6.45, 7) is 5.89. The normalized spacial score (nSPS) is 10.9. The molecule has 0 aromatic carbocycles. The van der Waals surface area contributed by atoms with E-state index in [4.69, 9.17) is 4.52 Å².